The fraction of sp³-hybridized carbons (Fsp3) is 0.342. The third-order valence-corrected chi connectivity index (χ3v) is 10.1. The van der Waals surface area contributed by atoms with Gasteiger partial charge in [0, 0.05) is 29.8 Å². The average molecular weight is 599 g/mol. The van der Waals surface area contributed by atoms with Crippen molar-refractivity contribution in [2.24, 2.45) is 11.8 Å². The van der Waals surface area contributed by atoms with E-state index >= 15 is 0 Å². The van der Waals surface area contributed by atoms with Gasteiger partial charge in [-0.05, 0) is 79.5 Å². The zero-order valence-electron chi connectivity index (χ0n) is 25.6. The Bertz CT molecular complexity index is 1780. The number of hydrogen-bond donors (Lipinski definition) is 0. The van der Waals surface area contributed by atoms with Gasteiger partial charge in [-0.3, -0.25) is 9.97 Å². The van der Waals surface area contributed by atoms with Gasteiger partial charge in [-0.15, -0.1) is 0 Å². The normalized spacial score (nSPS) is 21.6. The van der Waals surface area contributed by atoms with Gasteiger partial charge in [0.1, 0.15) is 6.10 Å². The minimum absolute atomic E-state index is 0.00290. The maximum absolute atomic E-state index is 14.1. The number of benzene rings is 3. The number of carbonyl (C=O) groups excluding carboxylic acids is 1. The van der Waals surface area contributed by atoms with E-state index in [2.05, 4.69) is 36.4 Å². The van der Waals surface area contributed by atoms with Crippen molar-refractivity contribution in [1.82, 2.24) is 19.8 Å². The molecule has 5 aromatic rings. The molecule has 7 heteroatoms. The van der Waals surface area contributed by atoms with Crippen LogP contribution in [0.15, 0.2) is 91.0 Å². The van der Waals surface area contributed by atoms with Gasteiger partial charge in [-0.2, -0.15) is 0 Å². The van der Waals surface area contributed by atoms with Crippen molar-refractivity contribution in [3.8, 4) is 11.5 Å². The lowest BCUT2D eigenvalue weighted by molar-refractivity contribution is 0.112. The number of nitrogens with zero attached hydrogens (tertiary/aromatic N) is 4. The summed E-state index contributed by atoms with van der Waals surface area (Å²) in [7, 11) is 1.71. The molecular weight excluding hydrogens is 560 g/mol. The summed E-state index contributed by atoms with van der Waals surface area (Å²) in [5, 5.41) is 2.18. The Morgan fingerprint density at radius 3 is 1.96 bits per heavy atom. The zero-order chi connectivity index (χ0) is 30.3. The van der Waals surface area contributed by atoms with E-state index in [0.29, 0.717) is 32.1 Å². The van der Waals surface area contributed by atoms with Crippen molar-refractivity contribution in [1.29, 1.82) is 0 Å². The SMILES string of the molecule is COc1ccc(C2CN(Cc3ccc4ccccc4n3)C(=O)N(Cc3ccc4ccccc4n3)C2)cc1OC1CC2CCC1C2. The number of aromatic nitrogens is 2. The van der Waals surface area contributed by atoms with E-state index in [-0.39, 0.29) is 18.1 Å². The average Bonchev–Trinajstić information content (AvgIpc) is 3.70. The third kappa shape index (κ3) is 5.56. The van der Waals surface area contributed by atoms with Crippen molar-refractivity contribution in [3.63, 3.8) is 0 Å². The highest BCUT2D eigenvalue weighted by atomic mass is 16.5. The molecule has 1 saturated heterocycles. The third-order valence-electron chi connectivity index (χ3n) is 10.1. The Hall–Kier alpha value is -4.65. The molecule has 45 heavy (non-hydrogen) atoms. The van der Waals surface area contributed by atoms with Crippen LogP contribution in [0.1, 0.15) is 48.6 Å². The molecule has 3 aliphatic rings. The maximum atomic E-state index is 14.1. The molecule has 0 spiro atoms. The molecule has 2 saturated carbocycles. The van der Waals surface area contributed by atoms with Gasteiger partial charge >= 0.3 is 6.03 Å². The summed E-state index contributed by atoms with van der Waals surface area (Å²) in [6, 6.07) is 30.8. The predicted molar refractivity (Wildman–Crippen MR) is 175 cm³/mol. The van der Waals surface area contributed by atoms with Gasteiger partial charge in [0.2, 0.25) is 0 Å². The van der Waals surface area contributed by atoms with Crippen molar-refractivity contribution in [2.75, 3.05) is 20.2 Å². The summed E-state index contributed by atoms with van der Waals surface area (Å²) < 4.78 is 12.4. The first kappa shape index (κ1) is 27.9. The number of urea groups is 1. The monoisotopic (exact) mass is 598 g/mol. The molecule has 3 fully saturated rings. The first-order valence-electron chi connectivity index (χ1n) is 16.2. The van der Waals surface area contributed by atoms with E-state index in [0.717, 1.165) is 62.6 Å². The quantitative estimate of drug-likeness (QED) is 0.184. The molecular formula is C38H38N4O3. The second-order valence-corrected chi connectivity index (χ2v) is 13.0. The molecule has 2 aromatic heterocycles. The van der Waals surface area contributed by atoms with Crippen LogP contribution in [0.3, 0.4) is 0 Å². The number of ether oxygens (including phenoxy) is 2. The van der Waals surface area contributed by atoms with Crippen LogP contribution >= 0.6 is 0 Å². The molecule has 3 heterocycles. The molecule has 3 atom stereocenters. The van der Waals surface area contributed by atoms with Crippen LogP contribution in [0.4, 0.5) is 4.79 Å². The van der Waals surface area contributed by atoms with E-state index in [1.165, 1.54) is 19.3 Å². The van der Waals surface area contributed by atoms with Crippen LogP contribution in [0.25, 0.3) is 21.8 Å². The van der Waals surface area contributed by atoms with Gasteiger partial charge in [-0.1, -0.05) is 54.6 Å². The molecule has 1 aliphatic heterocycles. The highest BCUT2D eigenvalue weighted by Crippen LogP contribution is 2.47. The van der Waals surface area contributed by atoms with E-state index in [1.54, 1.807) is 7.11 Å². The molecule has 3 aromatic carbocycles. The number of carbonyl (C=O) groups is 1. The summed E-state index contributed by atoms with van der Waals surface area (Å²) in [6.07, 6.45) is 5.27. The van der Waals surface area contributed by atoms with E-state index in [4.69, 9.17) is 19.4 Å². The van der Waals surface area contributed by atoms with Crippen molar-refractivity contribution in [2.45, 2.75) is 50.8 Å². The predicted octanol–water partition coefficient (Wildman–Crippen LogP) is 7.58. The number of pyridine rings is 2. The smallest absolute Gasteiger partial charge is 0.320 e. The molecule has 2 amide bonds. The maximum Gasteiger partial charge on any atom is 0.320 e. The molecule has 3 unspecified atom stereocenters. The standard InChI is InChI=1S/C38H38N4O3/c1-44-35-17-14-28(20-37(35)45-36-19-25-10-11-29(36)18-25)30-21-41(23-31-15-12-26-6-2-4-8-33(26)39-31)38(43)42(22-30)24-32-16-13-27-7-3-5-9-34(27)40-32/h2-9,12-17,20,25,29-30,36H,10-11,18-19,21-24H2,1H3. The fourth-order valence-electron chi connectivity index (χ4n) is 7.74. The van der Waals surface area contributed by atoms with E-state index < -0.39 is 0 Å². The van der Waals surface area contributed by atoms with Gasteiger partial charge in [0.25, 0.3) is 0 Å². The number of fused-ring (bicyclic) bond motifs is 4. The largest absolute Gasteiger partial charge is 0.493 e. The minimum Gasteiger partial charge on any atom is -0.493 e. The molecule has 0 N–H and O–H groups in total. The lowest BCUT2D eigenvalue weighted by Gasteiger charge is -2.40. The van der Waals surface area contributed by atoms with E-state index in [9.17, 15) is 4.79 Å². The Labute approximate surface area is 263 Å². The number of methoxy groups -OCH3 is 1. The second kappa shape index (κ2) is 11.7. The molecule has 2 aliphatic carbocycles. The fourth-order valence-corrected chi connectivity index (χ4v) is 7.74. The van der Waals surface area contributed by atoms with Crippen LogP contribution in [-0.2, 0) is 13.1 Å². The highest BCUT2D eigenvalue weighted by Gasteiger charge is 2.41. The summed E-state index contributed by atoms with van der Waals surface area (Å²) in [5.41, 5.74) is 4.77. The van der Waals surface area contributed by atoms with Crippen molar-refractivity contribution in [3.05, 3.63) is 108 Å². The Kier molecular flexibility index (Phi) is 7.24. The Morgan fingerprint density at radius 1 is 0.733 bits per heavy atom. The van der Waals surface area contributed by atoms with Crippen molar-refractivity contribution < 1.29 is 14.3 Å². The lowest BCUT2D eigenvalue weighted by atomic mass is 9.94. The summed E-state index contributed by atoms with van der Waals surface area (Å²) >= 11 is 0. The van der Waals surface area contributed by atoms with Gasteiger partial charge < -0.3 is 19.3 Å². The Balaban J connectivity index is 1.10. The number of para-hydroxylation sites is 2. The van der Waals surface area contributed by atoms with Gasteiger partial charge in [0.15, 0.2) is 11.5 Å². The van der Waals surface area contributed by atoms with Gasteiger partial charge in [0.05, 0.1) is 42.6 Å². The molecule has 8 rings (SSSR count). The van der Waals surface area contributed by atoms with E-state index in [1.807, 2.05) is 64.4 Å². The zero-order valence-corrected chi connectivity index (χ0v) is 25.6. The van der Waals surface area contributed by atoms with Crippen molar-refractivity contribution >= 4 is 27.8 Å². The topological polar surface area (TPSA) is 67.8 Å². The van der Waals surface area contributed by atoms with Crippen LogP contribution in [-0.4, -0.2) is 52.1 Å². The Morgan fingerprint density at radius 2 is 1.38 bits per heavy atom. The highest BCUT2D eigenvalue weighted by molar-refractivity contribution is 5.80. The second-order valence-electron chi connectivity index (χ2n) is 13.0. The minimum atomic E-state index is 0.00290. The summed E-state index contributed by atoms with van der Waals surface area (Å²) in [6.45, 7) is 2.06. The van der Waals surface area contributed by atoms with Crippen LogP contribution < -0.4 is 9.47 Å². The first-order chi connectivity index (χ1) is 22.1. The van der Waals surface area contributed by atoms with Crippen LogP contribution in [0.5, 0.6) is 11.5 Å². The lowest BCUT2D eigenvalue weighted by Crippen LogP contribution is -2.51. The number of amides is 2. The molecule has 228 valence electrons. The molecule has 7 nitrogen and oxygen atoms in total. The number of hydrogen-bond acceptors (Lipinski definition) is 5. The number of rotatable bonds is 8. The summed E-state index contributed by atoms with van der Waals surface area (Å²) in [4.78, 5) is 27.7. The van der Waals surface area contributed by atoms with Crippen LogP contribution in [0.2, 0.25) is 0 Å². The molecule has 2 bridgehead atoms. The first-order valence-corrected chi connectivity index (χ1v) is 16.2. The molecule has 0 radical (unpaired) electrons. The summed E-state index contributed by atoms with van der Waals surface area (Å²) in [5.74, 6) is 3.10. The van der Waals surface area contributed by atoms with Gasteiger partial charge in [-0.25, -0.2) is 4.79 Å². The van der Waals surface area contributed by atoms with Crippen LogP contribution in [0, 0.1) is 11.8 Å².